The monoisotopic (exact) mass is 216 g/mol. The first-order valence-corrected chi connectivity index (χ1v) is 5.99. The molecule has 2 nitrogen and oxygen atoms in total. The van der Waals surface area contributed by atoms with Gasteiger partial charge in [0.1, 0.15) is 0 Å². The first-order valence-electron chi connectivity index (χ1n) is 5.99. The minimum absolute atomic E-state index is 0.162. The Bertz CT molecular complexity index is 456. The highest BCUT2D eigenvalue weighted by Gasteiger charge is 2.07. The van der Waals surface area contributed by atoms with Crippen LogP contribution in [0.15, 0.2) is 30.5 Å². The van der Waals surface area contributed by atoms with Crippen molar-refractivity contribution in [3.05, 3.63) is 36.0 Å². The number of aromatic nitrogens is 1. The highest BCUT2D eigenvalue weighted by Crippen LogP contribution is 2.22. The van der Waals surface area contributed by atoms with Crippen molar-refractivity contribution in [1.82, 2.24) is 4.98 Å². The summed E-state index contributed by atoms with van der Waals surface area (Å²) in [5.41, 5.74) is 8.60. The Morgan fingerprint density at radius 3 is 2.75 bits per heavy atom. The molecule has 0 spiro atoms. The number of benzene rings is 1. The van der Waals surface area contributed by atoms with Gasteiger partial charge in [0, 0.05) is 17.8 Å². The van der Waals surface area contributed by atoms with E-state index in [1.807, 2.05) is 6.20 Å². The van der Waals surface area contributed by atoms with E-state index >= 15 is 0 Å². The Hall–Kier alpha value is -1.28. The molecule has 0 aliphatic carbocycles. The number of fused-ring (bicyclic) bond motifs is 1. The van der Waals surface area contributed by atoms with Gasteiger partial charge in [0.05, 0.1) is 0 Å². The molecule has 1 aromatic heterocycles. The molecule has 0 amide bonds. The average Bonchev–Trinajstić information content (AvgIpc) is 2.72. The van der Waals surface area contributed by atoms with Crippen LogP contribution in [0, 0.1) is 5.92 Å². The second kappa shape index (κ2) is 4.71. The normalized spacial score (nSPS) is 13.5. The zero-order valence-corrected chi connectivity index (χ0v) is 10.0. The fourth-order valence-corrected chi connectivity index (χ4v) is 1.98. The van der Waals surface area contributed by atoms with Crippen LogP contribution < -0.4 is 5.73 Å². The van der Waals surface area contributed by atoms with Crippen LogP contribution in [0.2, 0.25) is 0 Å². The number of H-pyrrole nitrogens is 1. The van der Waals surface area contributed by atoms with E-state index in [0.717, 1.165) is 12.3 Å². The van der Waals surface area contributed by atoms with Crippen LogP contribution in [0.3, 0.4) is 0 Å². The fraction of sp³-hybridized carbons (Fsp3) is 0.429. The summed E-state index contributed by atoms with van der Waals surface area (Å²) < 4.78 is 0. The first-order chi connectivity index (χ1) is 7.66. The fourth-order valence-electron chi connectivity index (χ4n) is 1.98. The average molecular weight is 216 g/mol. The van der Waals surface area contributed by atoms with Gasteiger partial charge in [0.15, 0.2) is 0 Å². The van der Waals surface area contributed by atoms with Gasteiger partial charge in [-0.25, -0.2) is 0 Å². The predicted molar refractivity (Wildman–Crippen MR) is 69.3 cm³/mol. The topological polar surface area (TPSA) is 41.8 Å². The van der Waals surface area contributed by atoms with Gasteiger partial charge in [0.25, 0.3) is 0 Å². The van der Waals surface area contributed by atoms with Gasteiger partial charge in [-0.15, -0.1) is 0 Å². The van der Waals surface area contributed by atoms with Crippen LogP contribution in [-0.2, 0) is 0 Å². The molecule has 2 heteroatoms. The maximum absolute atomic E-state index is 6.19. The summed E-state index contributed by atoms with van der Waals surface area (Å²) in [6, 6.07) is 8.69. The highest BCUT2D eigenvalue weighted by atomic mass is 14.7. The molecule has 0 unspecified atom stereocenters. The molecule has 0 bridgehead atoms. The molecular formula is C14H20N2. The summed E-state index contributed by atoms with van der Waals surface area (Å²) in [4.78, 5) is 3.22. The molecule has 16 heavy (non-hydrogen) atoms. The minimum Gasteiger partial charge on any atom is -0.361 e. The Balaban J connectivity index is 2.12. The lowest BCUT2D eigenvalue weighted by molar-refractivity contribution is 0.507. The summed E-state index contributed by atoms with van der Waals surface area (Å²) in [6.07, 6.45) is 4.21. The van der Waals surface area contributed by atoms with Crippen LogP contribution in [-0.4, -0.2) is 4.98 Å². The van der Waals surface area contributed by atoms with Gasteiger partial charge in [-0.3, -0.25) is 0 Å². The van der Waals surface area contributed by atoms with E-state index < -0.39 is 0 Å². The highest BCUT2D eigenvalue weighted by molar-refractivity contribution is 5.79. The Morgan fingerprint density at radius 1 is 1.19 bits per heavy atom. The second-order valence-corrected chi connectivity index (χ2v) is 4.90. The van der Waals surface area contributed by atoms with Gasteiger partial charge in [-0.1, -0.05) is 26.0 Å². The van der Waals surface area contributed by atoms with Crippen LogP contribution in [0.5, 0.6) is 0 Å². The van der Waals surface area contributed by atoms with E-state index in [1.54, 1.807) is 0 Å². The van der Waals surface area contributed by atoms with E-state index in [4.69, 9.17) is 5.73 Å². The maximum Gasteiger partial charge on any atom is 0.0457 e. The van der Waals surface area contributed by atoms with Crippen molar-refractivity contribution in [3.63, 3.8) is 0 Å². The zero-order chi connectivity index (χ0) is 11.5. The van der Waals surface area contributed by atoms with Crippen LogP contribution in [0.4, 0.5) is 0 Å². The van der Waals surface area contributed by atoms with Crippen LogP contribution in [0.25, 0.3) is 10.9 Å². The molecule has 0 saturated heterocycles. The van der Waals surface area contributed by atoms with Gasteiger partial charge in [-0.2, -0.15) is 0 Å². The largest absolute Gasteiger partial charge is 0.361 e. The van der Waals surface area contributed by atoms with Crippen LogP contribution in [0.1, 0.15) is 38.3 Å². The van der Waals surface area contributed by atoms with Crippen molar-refractivity contribution in [2.75, 3.05) is 0 Å². The number of hydrogen-bond acceptors (Lipinski definition) is 1. The van der Waals surface area contributed by atoms with Gasteiger partial charge in [-0.05, 0) is 41.8 Å². The Labute approximate surface area is 96.9 Å². The van der Waals surface area contributed by atoms with Gasteiger partial charge < -0.3 is 10.7 Å². The predicted octanol–water partition coefficient (Wildman–Crippen LogP) is 3.60. The van der Waals surface area contributed by atoms with Gasteiger partial charge >= 0.3 is 0 Å². The quantitative estimate of drug-likeness (QED) is 0.805. The molecule has 1 heterocycles. The summed E-state index contributed by atoms with van der Waals surface area (Å²) >= 11 is 0. The minimum atomic E-state index is 0.162. The van der Waals surface area contributed by atoms with Crippen molar-refractivity contribution in [2.45, 2.75) is 32.7 Å². The molecule has 0 aliphatic rings. The lowest BCUT2D eigenvalue weighted by atomic mass is 9.98. The molecule has 0 saturated carbocycles. The van der Waals surface area contributed by atoms with E-state index in [1.165, 1.54) is 22.9 Å². The van der Waals surface area contributed by atoms with E-state index in [2.05, 4.69) is 43.1 Å². The number of nitrogens with one attached hydrogen (secondary N) is 1. The zero-order valence-electron chi connectivity index (χ0n) is 10.0. The Kier molecular flexibility index (Phi) is 3.30. The Morgan fingerprint density at radius 2 is 2.00 bits per heavy atom. The molecule has 86 valence electrons. The standard InChI is InChI=1S/C14H20N2/c1-10(2)3-6-13(15)12-5-4-11-7-8-16-14(11)9-12/h4-5,7-10,13,16H,3,6,15H2,1-2H3/t13-/m1/s1. The molecular weight excluding hydrogens is 196 g/mol. The first kappa shape index (κ1) is 11.2. The molecule has 1 atom stereocenters. The third-order valence-electron chi connectivity index (χ3n) is 3.06. The summed E-state index contributed by atoms with van der Waals surface area (Å²) in [5, 5.41) is 1.25. The third-order valence-corrected chi connectivity index (χ3v) is 3.06. The van der Waals surface area contributed by atoms with Crippen molar-refractivity contribution in [3.8, 4) is 0 Å². The molecule has 3 N–H and O–H groups in total. The third kappa shape index (κ3) is 2.45. The smallest absolute Gasteiger partial charge is 0.0457 e. The second-order valence-electron chi connectivity index (χ2n) is 4.90. The molecule has 0 aliphatic heterocycles. The summed E-state index contributed by atoms with van der Waals surface area (Å²) in [7, 11) is 0. The van der Waals surface area contributed by atoms with Crippen molar-refractivity contribution in [2.24, 2.45) is 11.7 Å². The van der Waals surface area contributed by atoms with Crippen molar-refractivity contribution in [1.29, 1.82) is 0 Å². The van der Waals surface area contributed by atoms with Crippen molar-refractivity contribution < 1.29 is 0 Å². The SMILES string of the molecule is CC(C)CC[C@@H](N)c1ccc2cc[nH]c2c1. The molecule has 0 radical (unpaired) electrons. The summed E-state index contributed by atoms with van der Waals surface area (Å²) in [5.74, 6) is 0.722. The number of hydrogen-bond donors (Lipinski definition) is 2. The molecule has 2 rings (SSSR count). The van der Waals surface area contributed by atoms with Crippen molar-refractivity contribution >= 4 is 10.9 Å². The lowest BCUT2D eigenvalue weighted by Gasteiger charge is -2.13. The van der Waals surface area contributed by atoms with E-state index in [9.17, 15) is 0 Å². The lowest BCUT2D eigenvalue weighted by Crippen LogP contribution is -2.11. The van der Waals surface area contributed by atoms with Crippen LogP contribution >= 0.6 is 0 Å². The molecule has 2 aromatic rings. The van der Waals surface area contributed by atoms with E-state index in [0.29, 0.717) is 0 Å². The maximum atomic E-state index is 6.19. The molecule has 1 aromatic carbocycles. The number of nitrogens with two attached hydrogens (primary N) is 1. The number of aromatic amines is 1. The number of rotatable bonds is 4. The van der Waals surface area contributed by atoms with Gasteiger partial charge in [0.2, 0.25) is 0 Å². The summed E-state index contributed by atoms with van der Waals surface area (Å²) in [6.45, 7) is 4.47. The molecule has 0 fully saturated rings. The van der Waals surface area contributed by atoms with E-state index in [-0.39, 0.29) is 6.04 Å².